The normalized spacial score (nSPS) is 18.7. The Morgan fingerprint density at radius 2 is 1.83 bits per heavy atom. The average Bonchev–Trinajstić information content (AvgIpc) is 3.21. The molecule has 1 saturated carbocycles. The summed E-state index contributed by atoms with van der Waals surface area (Å²) in [4.78, 5) is 14.6. The van der Waals surface area contributed by atoms with Crippen LogP contribution in [0.4, 0.5) is 5.13 Å². The summed E-state index contributed by atoms with van der Waals surface area (Å²) in [6, 6.07) is 11.2. The number of carbonyl (C=O) groups excluding carboxylic acids is 1. The molecule has 2 aromatic rings. The first kappa shape index (κ1) is 20.7. The van der Waals surface area contributed by atoms with E-state index in [4.69, 9.17) is 0 Å². The van der Waals surface area contributed by atoms with Crippen molar-refractivity contribution < 1.29 is 4.79 Å². The molecule has 2 heterocycles. The second-order valence-corrected chi connectivity index (χ2v) is 10.4. The number of benzene rings is 1. The molecule has 1 amide bonds. The lowest BCUT2D eigenvalue weighted by Gasteiger charge is -2.32. The molecule has 7 heteroatoms. The number of aromatic nitrogens is 2. The van der Waals surface area contributed by atoms with E-state index < -0.39 is 0 Å². The van der Waals surface area contributed by atoms with Crippen LogP contribution in [0.2, 0.25) is 0 Å². The first-order chi connectivity index (χ1) is 14.3. The highest BCUT2D eigenvalue weighted by atomic mass is 32.2. The fourth-order valence-corrected chi connectivity index (χ4v) is 6.03. The van der Waals surface area contributed by atoms with Crippen LogP contribution in [0.15, 0.2) is 34.7 Å². The van der Waals surface area contributed by atoms with E-state index in [1.807, 2.05) is 4.90 Å². The van der Waals surface area contributed by atoms with E-state index in [-0.39, 0.29) is 5.91 Å². The van der Waals surface area contributed by atoms with Gasteiger partial charge in [0.25, 0.3) is 0 Å². The average molecular weight is 431 g/mol. The molecule has 1 aromatic heterocycles. The van der Waals surface area contributed by atoms with Gasteiger partial charge in [-0.05, 0) is 43.6 Å². The number of likely N-dealkylation sites (tertiary alicyclic amines) is 1. The van der Waals surface area contributed by atoms with Gasteiger partial charge in [0.2, 0.25) is 11.0 Å². The molecule has 1 aliphatic heterocycles. The molecular formula is C22H30N4OS2. The third-order valence-corrected chi connectivity index (χ3v) is 7.97. The minimum atomic E-state index is 0.227. The number of hydrogen-bond donors (Lipinski definition) is 1. The van der Waals surface area contributed by atoms with Crippen LogP contribution < -0.4 is 5.32 Å². The second-order valence-electron chi connectivity index (χ2n) is 8.15. The summed E-state index contributed by atoms with van der Waals surface area (Å²) < 4.78 is 0.885. The third kappa shape index (κ3) is 6.19. The fraction of sp³-hybridized carbons (Fsp3) is 0.591. The summed E-state index contributed by atoms with van der Waals surface area (Å²) in [5, 5.41) is 12.9. The molecule has 1 aromatic carbocycles. The Morgan fingerprint density at radius 3 is 2.59 bits per heavy atom. The quantitative estimate of drug-likeness (QED) is 0.636. The Bertz CT molecular complexity index is 768. The van der Waals surface area contributed by atoms with E-state index in [0.717, 1.165) is 41.8 Å². The van der Waals surface area contributed by atoms with Gasteiger partial charge in [-0.1, -0.05) is 72.7 Å². The molecular weight excluding hydrogens is 400 g/mol. The third-order valence-electron chi connectivity index (χ3n) is 5.99. The number of carbonyl (C=O) groups is 1. The van der Waals surface area contributed by atoms with Crippen LogP contribution in [-0.2, 0) is 11.2 Å². The monoisotopic (exact) mass is 430 g/mol. The van der Waals surface area contributed by atoms with Gasteiger partial charge in [0, 0.05) is 19.1 Å². The maximum absolute atomic E-state index is 12.6. The molecule has 0 radical (unpaired) electrons. The Hall–Kier alpha value is -1.60. The zero-order valence-corrected chi connectivity index (χ0v) is 18.5. The summed E-state index contributed by atoms with van der Waals surface area (Å²) in [5.41, 5.74) is 1.40. The minimum absolute atomic E-state index is 0.227. The minimum Gasteiger partial charge on any atom is -0.357 e. The SMILES string of the molecule is O=C(CSc1nnc(NC2CCCCC2)s1)N1CCC(Cc2ccccc2)CC1. The van der Waals surface area contributed by atoms with E-state index in [0.29, 0.717) is 17.7 Å². The summed E-state index contributed by atoms with van der Waals surface area (Å²) in [6.45, 7) is 1.75. The second kappa shape index (κ2) is 10.4. The van der Waals surface area contributed by atoms with E-state index in [9.17, 15) is 4.79 Å². The van der Waals surface area contributed by atoms with Crippen molar-refractivity contribution >= 4 is 34.1 Å². The van der Waals surface area contributed by atoms with E-state index in [2.05, 4.69) is 45.8 Å². The zero-order chi connectivity index (χ0) is 19.9. The van der Waals surface area contributed by atoms with Gasteiger partial charge in [0.1, 0.15) is 0 Å². The van der Waals surface area contributed by atoms with Crippen LogP contribution in [0.5, 0.6) is 0 Å². The largest absolute Gasteiger partial charge is 0.357 e. The molecule has 2 fully saturated rings. The van der Waals surface area contributed by atoms with Gasteiger partial charge in [-0.2, -0.15) is 0 Å². The number of thioether (sulfide) groups is 1. The van der Waals surface area contributed by atoms with Gasteiger partial charge in [0.15, 0.2) is 4.34 Å². The first-order valence-corrected chi connectivity index (χ1v) is 12.6. The molecule has 2 aliphatic rings. The van der Waals surface area contributed by atoms with E-state index >= 15 is 0 Å². The molecule has 29 heavy (non-hydrogen) atoms. The van der Waals surface area contributed by atoms with Crippen LogP contribution in [0.3, 0.4) is 0 Å². The molecule has 1 saturated heterocycles. The number of piperidine rings is 1. The lowest BCUT2D eigenvalue weighted by Crippen LogP contribution is -2.39. The summed E-state index contributed by atoms with van der Waals surface area (Å²) in [7, 11) is 0. The molecule has 5 nitrogen and oxygen atoms in total. The molecule has 0 atom stereocenters. The fourth-order valence-electron chi connectivity index (χ4n) is 4.30. The summed E-state index contributed by atoms with van der Waals surface area (Å²) in [5.74, 6) is 1.37. The Morgan fingerprint density at radius 1 is 1.07 bits per heavy atom. The van der Waals surface area contributed by atoms with Crippen molar-refractivity contribution in [3.63, 3.8) is 0 Å². The number of nitrogens with one attached hydrogen (secondary N) is 1. The maximum atomic E-state index is 12.6. The van der Waals surface area contributed by atoms with Gasteiger partial charge < -0.3 is 10.2 Å². The molecule has 0 unspecified atom stereocenters. The number of amides is 1. The smallest absolute Gasteiger partial charge is 0.233 e. The topological polar surface area (TPSA) is 58.1 Å². The lowest BCUT2D eigenvalue weighted by molar-refractivity contribution is -0.129. The molecule has 4 rings (SSSR count). The van der Waals surface area contributed by atoms with Crippen LogP contribution in [-0.4, -0.2) is 45.9 Å². The van der Waals surface area contributed by atoms with E-state index in [1.165, 1.54) is 49.4 Å². The van der Waals surface area contributed by atoms with Crippen molar-refractivity contribution in [1.82, 2.24) is 15.1 Å². The standard InChI is InChI=1S/C22H30N4OS2/c27-20(26-13-11-18(12-14-26)15-17-7-3-1-4-8-17)16-28-22-25-24-21(29-22)23-19-9-5-2-6-10-19/h1,3-4,7-8,18-19H,2,5-6,9-16H2,(H,23,24). The summed E-state index contributed by atoms with van der Waals surface area (Å²) >= 11 is 3.10. The zero-order valence-electron chi connectivity index (χ0n) is 16.9. The molecule has 0 spiro atoms. The van der Waals surface area contributed by atoms with Crippen LogP contribution in [0.25, 0.3) is 0 Å². The highest BCUT2D eigenvalue weighted by molar-refractivity contribution is 8.01. The number of hydrogen-bond acceptors (Lipinski definition) is 6. The van der Waals surface area contributed by atoms with Crippen molar-refractivity contribution in [3.05, 3.63) is 35.9 Å². The lowest BCUT2D eigenvalue weighted by atomic mass is 9.90. The Kier molecular flexibility index (Phi) is 7.44. The van der Waals surface area contributed by atoms with Crippen molar-refractivity contribution in [2.75, 3.05) is 24.2 Å². The molecule has 1 N–H and O–H groups in total. The van der Waals surface area contributed by atoms with Crippen molar-refractivity contribution in [2.45, 2.75) is 61.7 Å². The Balaban J connectivity index is 1.17. The van der Waals surface area contributed by atoms with Crippen LogP contribution in [0.1, 0.15) is 50.5 Å². The van der Waals surface area contributed by atoms with Crippen molar-refractivity contribution in [1.29, 1.82) is 0 Å². The number of anilines is 1. The summed E-state index contributed by atoms with van der Waals surface area (Å²) in [6.07, 6.45) is 9.71. The van der Waals surface area contributed by atoms with Crippen molar-refractivity contribution in [2.24, 2.45) is 5.92 Å². The van der Waals surface area contributed by atoms with Gasteiger partial charge in [-0.15, -0.1) is 10.2 Å². The highest BCUT2D eigenvalue weighted by Crippen LogP contribution is 2.29. The first-order valence-electron chi connectivity index (χ1n) is 10.8. The number of rotatable bonds is 7. The Labute approximate surface area is 181 Å². The molecule has 0 bridgehead atoms. The van der Waals surface area contributed by atoms with E-state index in [1.54, 1.807) is 11.3 Å². The molecule has 156 valence electrons. The van der Waals surface area contributed by atoms with Gasteiger partial charge in [-0.3, -0.25) is 4.79 Å². The van der Waals surface area contributed by atoms with Crippen LogP contribution >= 0.6 is 23.1 Å². The van der Waals surface area contributed by atoms with Gasteiger partial charge in [-0.25, -0.2) is 0 Å². The molecule has 1 aliphatic carbocycles. The maximum Gasteiger partial charge on any atom is 0.233 e. The van der Waals surface area contributed by atoms with Crippen molar-refractivity contribution in [3.8, 4) is 0 Å². The predicted octanol–water partition coefficient (Wildman–Crippen LogP) is 4.86. The van der Waals surface area contributed by atoms with Gasteiger partial charge in [0.05, 0.1) is 5.75 Å². The highest BCUT2D eigenvalue weighted by Gasteiger charge is 2.23. The predicted molar refractivity (Wildman–Crippen MR) is 121 cm³/mol. The van der Waals surface area contributed by atoms with Crippen LogP contribution in [0, 0.1) is 5.92 Å². The number of nitrogens with zero attached hydrogens (tertiary/aromatic N) is 3. The van der Waals surface area contributed by atoms with Gasteiger partial charge >= 0.3 is 0 Å².